The zero-order valence-corrected chi connectivity index (χ0v) is 19.1. The monoisotopic (exact) mass is 457 g/mol. The van der Waals surface area contributed by atoms with Gasteiger partial charge in [0, 0.05) is 40.2 Å². The Bertz CT molecular complexity index is 1000. The van der Waals surface area contributed by atoms with Crippen LogP contribution in [0.1, 0.15) is 35.3 Å². The van der Waals surface area contributed by atoms with Gasteiger partial charge in [0.1, 0.15) is 5.75 Å². The van der Waals surface area contributed by atoms with Crippen molar-refractivity contribution in [2.75, 3.05) is 33.3 Å². The molecular weight excluding hydrogens is 426 g/mol. The van der Waals surface area contributed by atoms with E-state index in [0.29, 0.717) is 50.3 Å². The van der Waals surface area contributed by atoms with Crippen molar-refractivity contribution >= 4 is 11.8 Å². The lowest BCUT2D eigenvalue weighted by molar-refractivity contribution is -0.135. The van der Waals surface area contributed by atoms with Crippen LogP contribution in [-0.4, -0.2) is 92.3 Å². The van der Waals surface area contributed by atoms with Gasteiger partial charge in [-0.05, 0) is 36.3 Å². The second-order valence-electron chi connectivity index (χ2n) is 9.26. The number of carbonyl (C=O) groups is 2. The number of rotatable bonds is 1. The standard InChI is InChI=1S/C23H31N5O5/c1-26-15-23(7-9-28(10-8-23)22(32)17-13-27(2)25-24-17)12-19(30)18(29)11-16-5-3-4-6-20(16)33-14-21(26)31/h3-6,13,18-19,29-30H,7-12,14-15H2,1-2H3/t18-,19+/m0/s1. The Balaban J connectivity index is 1.52. The van der Waals surface area contributed by atoms with Crippen LogP contribution < -0.4 is 4.74 Å². The number of hydrogen-bond donors (Lipinski definition) is 2. The Hall–Kier alpha value is -2.98. The maximum absolute atomic E-state index is 12.8. The third-order valence-corrected chi connectivity index (χ3v) is 6.77. The van der Waals surface area contributed by atoms with Gasteiger partial charge in [0.15, 0.2) is 12.3 Å². The summed E-state index contributed by atoms with van der Waals surface area (Å²) in [5.74, 6) is 0.204. The number of aliphatic hydroxyl groups is 2. The number of likely N-dealkylation sites (N-methyl/N-ethyl adjacent to an activating group) is 1. The summed E-state index contributed by atoms with van der Waals surface area (Å²) < 4.78 is 7.24. The van der Waals surface area contributed by atoms with E-state index in [-0.39, 0.29) is 24.8 Å². The van der Waals surface area contributed by atoms with Gasteiger partial charge in [0.2, 0.25) is 0 Å². The van der Waals surface area contributed by atoms with E-state index in [2.05, 4.69) is 10.3 Å². The number of aryl methyl sites for hydroxylation is 1. The maximum atomic E-state index is 12.8. The first kappa shape index (κ1) is 23.2. The van der Waals surface area contributed by atoms with Gasteiger partial charge in [-0.1, -0.05) is 23.4 Å². The summed E-state index contributed by atoms with van der Waals surface area (Å²) in [4.78, 5) is 28.9. The van der Waals surface area contributed by atoms with Crippen molar-refractivity contribution in [2.45, 2.75) is 37.9 Å². The molecule has 1 saturated heterocycles. The van der Waals surface area contributed by atoms with Crippen molar-refractivity contribution in [3.63, 3.8) is 0 Å². The predicted molar refractivity (Wildman–Crippen MR) is 118 cm³/mol. The number of carbonyl (C=O) groups excluding carboxylic acids is 2. The number of hydrogen-bond acceptors (Lipinski definition) is 7. The highest BCUT2D eigenvalue weighted by Gasteiger charge is 2.41. The number of aromatic nitrogens is 3. The van der Waals surface area contributed by atoms with Gasteiger partial charge < -0.3 is 24.7 Å². The number of para-hydroxylation sites is 1. The molecule has 10 heteroatoms. The van der Waals surface area contributed by atoms with Crippen LogP contribution in [0.3, 0.4) is 0 Å². The fourth-order valence-corrected chi connectivity index (χ4v) is 4.81. The fourth-order valence-electron chi connectivity index (χ4n) is 4.81. The average molecular weight is 458 g/mol. The number of benzene rings is 1. The molecule has 178 valence electrons. The minimum Gasteiger partial charge on any atom is -0.483 e. The second kappa shape index (κ2) is 9.48. The smallest absolute Gasteiger partial charge is 0.276 e. The molecule has 33 heavy (non-hydrogen) atoms. The van der Waals surface area contributed by atoms with Crippen LogP contribution in [0.25, 0.3) is 0 Å². The molecular formula is C23H31N5O5. The molecule has 3 heterocycles. The van der Waals surface area contributed by atoms with Gasteiger partial charge in [-0.3, -0.25) is 14.3 Å². The van der Waals surface area contributed by atoms with Crippen molar-refractivity contribution in [1.82, 2.24) is 24.8 Å². The van der Waals surface area contributed by atoms with Crippen molar-refractivity contribution < 1.29 is 24.5 Å². The summed E-state index contributed by atoms with van der Waals surface area (Å²) in [6.07, 6.45) is 1.41. The first-order chi connectivity index (χ1) is 15.8. The van der Waals surface area contributed by atoms with E-state index < -0.39 is 17.6 Å². The molecule has 0 unspecified atom stereocenters. The zero-order chi connectivity index (χ0) is 23.6. The molecule has 2 N–H and O–H groups in total. The quantitative estimate of drug-likeness (QED) is 0.629. The van der Waals surface area contributed by atoms with E-state index in [0.717, 1.165) is 5.56 Å². The SMILES string of the molecule is CN1CC2(CCN(C(=O)c3cn(C)nn3)CC2)C[C@@H](O)[C@@H](O)Cc2ccccc2OCC1=O. The molecule has 10 nitrogen and oxygen atoms in total. The summed E-state index contributed by atoms with van der Waals surface area (Å²) in [6, 6.07) is 7.25. The molecule has 0 bridgehead atoms. The molecule has 1 aromatic carbocycles. The number of piperidine rings is 1. The van der Waals surface area contributed by atoms with Crippen LogP contribution >= 0.6 is 0 Å². The van der Waals surface area contributed by atoms with E-state index in [1.54, 1.807) is 36.2 Å². The molecule has 0 aliphatic carbocycles. The summed E-state index contributed by atoms with van der Waals surface area (Å²) in [5, 5.41) is 29.4. The van der Waals surface area contributed by atoms with Crippen LogP contribution in [-0.2, 0) is 18.3 Å². The lowest BCUT2D eigenvalue weighted by Crippen LogP contribution is -2.51. The fraction of sp³-hybridized carbons (Fsp3) is 0.565. The average Bonchev–Trinajstić information content (AvgIpc) is 3.23. The maximum Gasteiger partial charge on any atom is 0.276 e. The van der Waals surface area contributed by atoms with Crippen LogP contribution in [0.5, 0.6) is 5.75 Å². The van der Waals surface area contributed by atoms with Crippen LogP contribution in [0.4, 0.5) is 0 Å². The van der Waals surface area contributed by atoms with Gasteiger partial charge in [0.25, 0.3) is 11.8 Å². The first-order valence-corrected chi connectivity index (χ1v) is 11.2. The van der Waals surface area contributed by atoms with Crippen molar-refractivity contribution in [3.05, 3.63) is 41.7 Å². The highest BCUT2D eigenvalue weighted by atomic mass is 16.5. The summed E-state index contributed by atoms with van der Waals surface area (Å²) >= 11 is 0. The molecule has 2 aliphatic rings. The Labute approximate surface area is 192 Å². The molecule has 2 amide bonds. The van der Waals surface area contributed by atoms with E-state index in [1.807, 2.05) is 18.2 Å². The number of fused-ring (bicyclic) bond motifs is 1. The zero-order valence-electron chi connectivity index (χ0n) is 19.1. The Morgan fingerprint density at radius 1 is 1.15 bits per heavy atom. The van der Waals surface area contributed by atoms with Crippen molar-refractivity contribution in [2.24, 2.45) is 12.5 Å². The summed E-state index contributed by atoms with van der Waals surface area (Å²) in [6.45, 7) is 1.26. The highest BCUT2D eigenvalue weighted by Crippen LogP contribution is 2.38. The van der Waals surface area contributed by atoms with E-state index in [1.165, 1.54) is 4.68 Å². The largest absolute Gasteiger partial charge is 0.483 e. The lowest BCUT2D eigenvalue weighted by atomic mass is 9.72. The molecule has 0 radical (unpaired) electrons. The van der Waals surface area contributed by atoms with E-state index >= 15 is 0 Å². The van der Waals surface area contributed by atoms with E-state index in [4.69, 9.17) is 4.74 Å². The Morgan fingerprint density at radius 2 is 1.88 bits per heavy atom. The summed E-state index contributed by atoms with van der Waals surface area (Å²) in [5.41, 5.74) is 0.618. The second-order valence-corrected chi connectivity index (χ2v) is 9.26. The molecule has 0 saturated carbocycles. The number of likely N-dealkylation sites (tertiary alicyclic amines) is 1. The topological polar surface area (TPSA) is 121 Å². The number of nitrogens with zero attached hydrogens (tertiary/aromatic N) is 5. The van der Waals surface area contributed by atoms with Gasteiger partial charge in [-0.25, -0.2) is 0 Å². The van der Waals surface area contributed by atoms with Crippen LogP contribution in [0.15, 0.2) is 30.5 Å². The van der Waals surface area contributed by atoms with Crippen molar-refractivity contribution in [1.29, 1.82) is 0 Å². The summed E-state index contributed by atoms with van der Waals surface area (Å²) in [7, 11) is 3.44. The molecule has 2 aliphatic heterocycles. The Morgan fingerprint density at radius 3 is 2.58 bits per heavy atom. The van der Waals surface area contributed by atoms with Crippen LogP contribution in [0.2, 0.25) is 0 Å². The van der Waals surface area contributed by atoms with Gasteiger partial charge in [-0.15, -0.1) is 5.10 Å². The lowest BCUT2D eigenvalue weighted by Gasteiger charge is -2.45. The number of amides is 2. The van der Waals surface area contributed by atoms with Crippen molar-refractivity contribution in [3.8, 4) is 5.75 Å². The first-order valence-electron chi connectivity index (χ1n) is 11.2. The molecule has 4 rings (SSSR count). The van der Waals surface area contributed by atoms with E-state index in [9.17, 15) is 19.8 Å². The van der Waals surface area contributed by atoms with Gasteiger partial charge in [-0.2, -0.15) is 0 Å². The molecule has 1 fully saturated rings. The predicted octanol–water partition coefficient (Wildman–Crippen LogP) is 0.243. The van der Waals surface area contributed by atoms with Gasteiger partial charge in [0.05, 0.1) is 18.4 Å². The number of ether oxygens (including phenoxy) is 1. The van der Waals surface area contributed by atoms with Crippen LogP contribution in [0, 0.1) is 5.41 Å². The molecule has 1 spiro atoms. The third-order valence-electron chi connectivity index (χ3n) is 6.77. The number of aliphatic hydroxyl groups excluding tert-OH is 2. The minimum atomic E-state index is -0.969. The molecule has 2 atom stereocenters. The van der Waals surface area contributed by atoms with Gasteiger partial charge >= 0.3 is 0 Å². The normalized spacial score (nSPS) is 23.9. The Kier molecular flexibility index (Phi) is 6.66. The minimum absolute atomic E-state index is 0.0977. The molecule has 2 aromatic rings. The third kappa shape index (κ3) is 5.17. The highest BCUT2D eigenvalue weighted by molar-refractivity contribution is 5.92. The molecule has 1 aromatic heterocycles.